The average Bonchev–Trinajstić information content (AvgIpc) is 3.07. The maximum absolute atomic E-state index is 12.3. The SMILES string of the molecule is NC1(C(=O)NCc2ccc(Cn3cccn3)cc2)CCOCC1. The highest BCUT2D eigenvalue weighted by Gasteiger charge is 2.35. The van der Waals surface area contributed by atoms with E-state index < -0.39 is 5.54 Å². The molecule has 1 amide bonds. The summed E-state index contributed by atoms with van der Waals surface area (Å²) in [4.78, 5) is 12.3. The Kier molecular flexibility index (Phi) is 4.73. The second kappa shape index (κ2) is 6.93. The Morgan fingerprint density at radius 3 is 2.61 bits per heavy atom. The van der Waals surface area contributed by atoms with Crippen LogP contribution < -0.4 is 11.1 Å². The molecule has 1 aromatic heterocycles. The number of nitrogens with one attached hydrogen (secondary N) is 1. The molecule has 6 nitrogen and oxygen atoms in total. The van der Waals surface area contributed by atoms with Crippen LogP contribution in [-0.4, -0.2) is 34.4 Å². The summed E-state index contributed by atoms with van der Waals surface area (Å²) < 4.78 is 7.14. The molecule has 2 heterocycles. The van der Waals surface area contributed by atoms with Gasteiger partial charge in [0.15, 0.2) is 0 Å². The number of benzene rings is 1. The van der Waals surface area contributed by atoms with E-state index in [4.69, 9.17) is 10.5 Å². The summed E-state index contributed by atoms with van der Waals surface area (Å²) in [7, 11) is 0. The van der Waals surface area contributed by atoms with Gasteiger partial charge in [0.2, 0.25) is 5.91 Å². The number of amides is 1. The predicted molar refractivity (Wildman–Crippen MR) is 86.6 cm³/mol. The summed E-state index contributed by atoms with van der Waals surface area (Å²) in [5.74, 6) is -0.0959. The van der Waals surface area contributed by atoms with Crippen LogP contribution >= 0.6 is 0 Å². The molecule has 2 aromatic rings. The van der Waals surface area contributed by atoms with Gasteiger partial charge < -0.3 is 15.8 Å². The van der Waals surface area contributed by atoms with E-state index in [2.05, 4.69) is 22.5 Å². The van der Waals surface area contributed by atoms with Crippen molar-refractivity contribution in [3.8, 4) is 0 Å². The molecule has 1 aliphatic heterocycles. The summed E-state index contributed by atoms with van der Waals surface area (Å²) in [5.41, 5.74) is 7.60. The molecule has 1 saturated heterocycles. The molecule has 0 aliphatic carbocycles. The van der Waals surface area contributed by atoms with Crippen molar-refractivity contribution in [1.82, 2.24) is 15.1 Å². The van der Waals surface area contributed by atoms with Crippen molar-refractivity contribution in [3.05, 3.63) is 53.9 Å². The van der Waals surface area contributed by atoms with Gasteiger partial charge in [-0.2, -0.15) is 5.10 Å². The van der Waals surface area contributed by atoms with Crippen LogP contribution in [0.5, 0.6) is 0 Å². The van der Waals surface area contributed by atoms with Crippen LogP contribution in [0.25, 0.3) is 0 Å². The van der Waals surface area contributed by atoms with Crippen LogP contribution in [0.4, 0.5) is 0 Å². The third-order valence-electron chi connectivity index (χ3n) is 4.22. The van der Waals surface area contributed by atoms with Crippen LogP contribution in [0.3, 0.4) is 0 Å². The fraction of sp³-hybridized carbons (Fsp3) is 0.412. The molecule has 1 aliphatic rings. The third-order valence-corrected chi connectivity index (χ3v) is 4.22. The quantitative estimate of drug-likeness (QED) is 0.864. The molecule has 0 atom stereocenters. The molecule has 0 radical (unpaired) electrons. The molecule has 3 rings (SSSR count). The van der Waals surface area contributed by atoms with Crippen molar-refractivity contribution in [2.24, 2.45) is 5.73 Å². The van der Waals surface area contributed by atoms with E-state index in [9.17, 15) is 4.79 Å². The second-order valence-electron chi connectivity index (χ2n) is 5.97. The van der Waals surface area contributed by atoms with Crippen LogP contribution in [-0.2, 0) is 22.6 Å². The molecule has 1 fully saturated rings. The fourth-order valence-corrected chi connectivity index (χ4v) is 2.66. The smallest absolute Gasteiger partial charge is 0.240 e. The lowest BCUT2D eigenvalue weighted by Crippen LogP contribution is -2.56. The molecule has 1 aromatic carbocycles. The van der Waals surface area contributed by atoms with Crippen LogP contribution in [0.1, 0.15) is 24.0 Å². The third kappa shape index (κ3) is 3.97. The Labute approximate surface area is 135 Å². The maximum atomic E-state index is 12.3. The van der Waals surface area contributed by atoms with E-state index in [0.717, 1.165) is 12.1 Å². The van der Waals surface area contributed by atoms with Crippen molar-refractivity contribution in [1.29, 1.82) is 0 Å². The number of hydrogen-bond acceptors (Lipinski definition) is 4. The first kappa shape index (κ1) is 15.7. The number of hydrogen-bond donors (Lipinski definition) is 2. The number of aromatic nitrogens is 2. The number of carbonyl (C=O) groups is 1. The molecule has 0 unspecified atom stereocenters. The Bertz CT molecular complexity index is 631. The number of rotatable bonds is 5. The van der Waals surface area contributed by atoms with Gasteiger partial charge in [-0.25, -0.2) is 0 Å². The maximum Gasteiger partial charge on any atom is 0.240 e. The van der Waals surface area contributed by atoms with E-state index in [-0.39, 0.29) is 5.91 Å². The molecule has 3 N–H and O–H groups in total. The largest absolute Gasteiger partial charge is 0.381 e. The van der Waals surface area contributed by atoms with Crippen molar-refractivity contribution >= 4 is 5.91 Å². The molecular weight excluding hydrogens is 292 g/mol. The molecule has 23 heavy (non-hydrogen) atoms. The fourth-order valence-electron chi connectivity index (χ4n) is 2.66. The lowest BCUT2D eigenvalue weighted by atomic mass is 9.90. The highest BCUT2D eigenvalue weighted by Crippen LogP contribution is 2.18. The summed E-state index contributed by atoms with van der Waals surface area (Å²) in [6, 6.07) is 10.0. The van der Waals surface area contributed by atoms with Crippen LogP contribution in [0, 0.1) is 0 Å². The average molecular weight is 314 g/mol. The number of nitrogens with zero attached hydrogens (tertiary/aromatic N) is 2. The van der Waals surface area contributed by atoms with E-state index in [1.807, 2.05) is 29.1 Å². The van der Waals surface area contributed by atoms with Gasteiger partial charge in [-0.05, 0) is 30.0 Å². The summed E-state index contributed by atoms with van der Waals surface area (Å²) in [6.07, 6.45) is 4.84. The van der Waals surface area contributed by atoms with Crippen molar-refractivity contribution in [3.63, 3.8) is 0 Å². The lowest BCUT2D eigenvalue weighted by Gasteiger charge is -2.31. The Balaban J connectivity index is 1.53. The van der Waals surface area contributed by atoms with Crippen molar-refractivity contribution in [2.75, 3.05) is 13.2 Å². The summed E-state index contributed by atoms with van der Waals surface area (Å²) in [5, 5.41) is 7.13. The minimum atomic E-state index is -0.793. The first-order valence-corrected chi connectivity index (χ1v) is 7.86. The first-order chi connectivity index (χ1) is 11.2. The topological polar surface area (TPSA) is 82.2 Å². The first-order valence-electron chi connectivity index (χ1n) is 7.86. The molecule has 122 valence electrons. The van der Waals surface area contributed by atoms with Gasteiger partial charge in [0, 0.05) is 32.2 Å². The molecule has 6 heteroatoms. The Morgan fingerprint density at radius 2 is 1.96 bits per heavy atom. The normalized spacial score (nSPS) is 16.9. The number of carbonyl (C=O) groups excluding carboxylic acids is 1. The van der Waals surface area contributed by atoms with E-state index >= 15 is 0 Å². The second-order valence-corrected chi connectivity index (χ2v) is 5.97. The highest BCUT2D eigenvalue weighted by atomic mass is 16.5. The minimum absolute atomic E-state index is 0.0959. The van der Waals surface area contributed by atoms with Crippen molar-refractivity contribution < 1.29 is 9.53 Å². The highest BCUT2D eigenvalue weighted by molar-refractivity contribution is 5.86. The van der Waals surface area contributed by atoms with Crippen LogP contribution in [0.15, 0.2) is 42.7 Å². The standard InChI is InChI=1S/C17H22N4O2/c18-17(6-10-23-11-7-17)16(22)19-12-14-2-4-15(5-3-14)13-21-9-1-8-20-21/h1-5,8-9H,6-7,10-13,18H2,(H,19,22). The predicted octanol–water partition coefficient (Wildman–Crippen LogP) is 1.06. The van der Waals surface area contributed by atoms with Crippen LogP contribution in [0.2, 0.25) is 0 Å². The van der Waals surface area contributed by atoms with E-state index in [1.165, 1.54) is 5.56 Å². The molecule has 0 saturated carbocycles. The molecular formula is C17H22N4O2. The zero-order valence-electron chi connectivity index (χ0n) is 13.1. The Morgan fingerprint density at radius 1 is 1.26 bits per heavy atom. The zero-order valence-corrected chi connectivity index (χ0v) is 13.1. The monoisotopic (exact) mass is 314 g/mol. The summed E-state index contributed by atoms with van der Waals surface area (Å²) >= 11 is 0. The minimum Gasteiger partial charge on any atom is -0.381 e. The number of ether oxygens (including phenoxy) is 1. The van der Waals surface area contributed by atoms with Gasteiger partial charge in [-0.1, -0.05) is 24.3 Å². The van der Waals surface area contributed by atoms with Crippen molar-refractivity contribution in [2.45, 2.75) is 31.5 Å². The molecule has 0 bridgehead atoms. The lowest BCUT2D eigenvalue weighted by molar-refractivity contribution is -0.129. The van der Waals surface area contributed by atoms with Gasteiger partial charge >= 0.3 is 0 Å². The van der Waals surface area contributed by atoms with E-state index in [0.29, 0.717) is 32.6 Å². The van der Waals surface area contributed by atoms with Gasteiger partial charge in [0.05, 0.1) is 12.1 Å². The van der Waals surface area contributed by atoms with Gasteiger partial charge in [0.25, 0.3) is 0 Å². The number of nitrogens with two attached hydrogens (primary N) is 1. The van der Waals surface area contributed by atoms with Gasteiger partial charge in [-0.3, -0.25) is 9.48 Å². The van der Waals surface area contributed by atoms with Gasteiger partial charge in [-0.15, -0.1) is 0 Å². The summed E-state index contributed by atoms with van der Waals surface area (Å²) in [6.45, 7) is 2.32. The van der Waals surface area contributed by atoms with E-state index in [1.54, 1.807) is 6.20 Å². The van der Waals surface area contributed by atoms with Gasteiger partial charge in [0.1, 0.15) is 0 Å². The Hall–Kier alpha value is -2.18. The molecule has 0 spiro atoms. The zero-order chi connectivity index (χ0) is 16.1.